The number of amides is 2. The zero-order valence-corrected chi connectivity index (χ0v) is 16.1. The second-order valence-electron chi connectivity index (χ2n) is 7.40. The number of hydrogen-bond donors (Lipinski definition) is 1. The average molecular weight is 392 g/mol. The molecule has 0 bridgehead atoms. The molecule has 3 heterocycles. The minimum absolute atomic E-state index is 0.0468. The maximum absolute atomic E-state index is 12.9. The van der Waals surface area contributed by atoms with Gasteiger partial charge in [-0.05, 0) is 18.6 Å². The third-order valence-electron chi connectivity index (χ3n) is 5.25. The molecule has 0 saturated carbocycles. The molecule has 0 aliphatic carbocycles. The van der Waals surface area contributed by atoms with Crippen LogP contribution >= 0.6 is 0 Å². The van der Waals surface area contributed by atoms with E-state index in [2.05, 4.69) is 10.3 Å². The van der Waals surface area contributed by atoms with Crippen molar-refractivity contribution in [3.05, 3.63) is 30.6 Å². The van der Waals surface area contributed by atoms with Gasteiger partial charge >= 0.3 is 6.03 Å². The van der Waals surface area contributed by atoms with E-state index in [1.807, 2.05) is 35.8 Å². The van der Waals surface area contributed by atoms with Crippen LogP contribution in [0.15, 0.2) is 30.6 Å². The number of nitrogens with one attached hydrogen (secondary N) is 1. The van der Waals surface area contributed by atoms with E-state index in [9.17, 15) is 13.2 Å². The number of carbonyl (C=O) groups excluding carboxylic acids is 1. The first-order valence-electron chi connectivity index (χ1n) is 9.21. The molecule has 2 fully saturated rings. The number of likely N-dealkylation sites (tertiary alicyclic amines) is 1. The number of fused-ring (bicyclic) bond motifs is 1. The maximum Gasteiger partial charge on any atom is 0.317 e. The van der Waals surface area contributed by atoms with Gasteiger partial charge in [0.05, 0.1) is 42.8 Å². The summed E-state index contributed by atoms with van der Waals surface area (Å²) in [4.78, 5) is 17.9. The van der Waals surface area contributed by atoms with E-state index in [0.717, 1.165) is 17.5 Å². The Morgan fingerprint density at radius 2 is 2.15 bits per heavy atom. The topological polar surface area (TPSA) is 93.5 Å². The van der Waals surface area contributed by atoms with Gasteiger partial charge in [0.1, 0.15) is 10.9 Å². The maximum atomic E-state index is 12.9. The number of sulfone groups is 1. The summed E-state index contributed by atoms with van der Waals surface area (Å²) in [5.41, 5.74) is 1.00. The Labute approximate surface area is 158 Å². The van der Waals surface area contributed by atoms with Crippen LogP contribution in [0.4, 0.5) is 4.79 Å². The molecule has 0 unspecified atom stereocenters. The van der Waals surface area contributed by atoms with Gasteiger partial charge in [0.2, 0.25) is 0 Å². The van der Waals surface area contributed by atoms with Crippen LogP contribution in [0.5, 0.6) is 0 Å². The van der Waals surface area contributed by atoms with Crippen LogP contribution in [0, 0.1) is 0 Å². The van der Waals surface area contributed by atoms with Gasteiger partial charge in [-0.1, -0.05) is 19.1 Å². The fourth-order valence-electron chi connectivity index (χ4n) is 3.76. The lowest BCUT2D eigenvalue weighted by atomic mass is 9.96. The fraction of sp³-hybridized carbons (Fsp3) is 0.556. The highest BCUT2D eigenvalue weighted by Crippen LogP contribution is 2.33. The highest BCUT2D eigenvalue weighted by Gasteiger charge is 2.53. The van der Waals surface area contributed by atoms with E-state index in [1.54, 1.807) is 11.2 Å². The molecule has 146 valence electrons. The number of para-hydroxylation sites is 2. The van der Waals surface area contributed by atoms with Crippen LogP contribution in [0.2, 0.25) is 0 Å². The lowest BCUT2D eigenvalue weighted by Crippen LogP contribution is -2.71. The Bertz CT molecular complexity index is 949. The van der Waals surface area contributed by atoms with Crippen LogP contribution in [0.25, 0.3) is 11.0 Å². The zero-order chi connectivity index (χ0) is 19.1. The summed E-state index contributed by atoms with van der Waals surface area (Å²) >= 11 is 0. The molecule has 1 aromatic heterocycles. The van der Waals surface area contributed by atoms with Gasteiger partial charge in [-0.3, -0.25) is 0 Å². The minimum Gasteiger partial charge on any atom is -0.369 e. The molecule has 2 aliphatic rings. The van der Waals surface area contributed by atoms with Gasteiger partial charge in [-0.2, -0.15) is 0 Å². The molecule has 2 amide bonds. The number of ether oxygens (including phenoxy) is 1. The van der Waals surface area contributed by atoms with Crippen LogP contribution in [-0.2, 0) is 21.1 Å². The van der Waals surface area contributed by atoms with Gasteiger partial charge in [0.15, 0.2) is 9.84 Å². The van der Waals surface area contributed by atoms with E-state index in [0.29, 0.717) is 26.2 Å². The molecule has 2 saturated heterocycles. The molecule has 2 aromatic rings. The normalized spacial score (nSPS) is 23.3. The Morgan fingerprint density at radius 3 is 2.89 bits per heavy atom. The molecule has 9 heteroatoms. The van der Waals surface area contributed by atoms with Gasteiger partial charge < -0.3 is 19.5 Å². The van der Waals surface area contributed by atoms with Crippen molar-refractivity contribution in [3.63, 3.8) is 0 Å². The molecule has 1 N–H and O–H groups in total. The summed E-state index contributed by atoms with van der Waals surface area (Å²) < 4.78 is 33.6. The Morgan fingerprint density at radius 1 is 1.37 bits per heavy atom. The number of hydrogen-bond acceptors (Lipinski definition) is 5. The summed E-state index contributed by atoms with van der Waals surface area (Å²) in [6, 6.07) is 7.49. The van der Waals surface area contributed by atoms with E-state index in [-0.39, 0.29) is 18.4 Å². The van der Waals surface area contributed by atoms with Crippen molar-refractivity contribution in [3.8, 4) is 0 Å². The van der Waals surface area contributed by atoms with Crippen LogP contribution < -0.4 is 5.32 Å². The number of rotatable bonds is 4. The summed E-state index contributed by atoms with van der Waals surface area (Å²) in [5, 5.41) is 2.20. The second-order valence-corrected chi connectivity index (χ2v) is 9.68. The number of urea groups is 1. The molecular weight excluding hydrogens is 368 g/mol. The third kappa shape index (κ3) is 3.41. The van der Waals surface area contributed by atoms with Crippen molar-refractivity contribution in [2.75, 3.05) is 32.0 Å². The highest BCUT2D eigenvalue weighted by molar-refractivity contribution is 7.92. The molecule has 4 rings (SSSR count). The third-order valence-corrected chi connectivity index (χ3v) is 7.48. The molecule has 1 spiro atoms. The summed E-state index contributed by atoms with van der Waals surface area (Å²) in [6.45, 7) is 3.70. The van der Waals surface area contributed by atoms with E-state index in [1.165, 1.54) is 0 Å². The summed E-state index contributed by atoms with van der Waals surface area (Å²) in [6.07, 6.45) is 2.54. The lowest BCUT2D eigenvalue weighted by molar-refractivity contribution is -0.118. The summed E-state index contributed by atoms with van der Waals surface area (Å²) in [7, 11) is -3.33. The first-order valence-corrected chi connectivity index (χ1v) is 10.9. The van der Waals surface area contributed by atoms with E-state index >= 15 is 0 Å². The number of carbonyl (C=O) groups is 1. The van der Waals surface area contributed by atoms with Gasteiger partial charge in [-0.25, -0.2) is 18.2 Å². The van der Waals surface area contributed by atoms with Crippen LogP contribution in [0.1, 0.15) is 13.3 Å². The molecular formula is C18H24N4O4S. The lowest BCUT2D eigenvalue weighted by Gasteiger charge is -2.51. The Kier molecular flexibility index (Phi) is 4.59. The first kappa shape index (κ1) is 18.2. The number of benzene rings is 1. The monoisotopic (exact) mass is 392 g/mol. The van der Waals surface area contributed by atoms with Crippen LogP contribution in [-0.4, -0.2) is 71.7 Å². The van der Waals surface area contributed by atoms with Crippen molar-refractivity contribution >= 4 is 26.9 Å². The standard InChI is InChI=1S/C18H24N4O4S/c1-2-7-19-17(23)22-10-18(11-22)12-27(24,25)14(9-26-18)8-21-13-20-15-5-3-4-6-16(15)21/h3-6,13-14H,2,7-12H2,1H3,(H,19,23)/t14-/m0/s1. The molecule has 0 radical (unpaired) electrons. The molecule has 1 atom stereocenters. The smallest absolute Gasteiger partial charge is 0.317 e. The SMILES string of the molecule is CCCNC(=O)N1CC2(C1)CS(=O)(=O)[C@@H](Cn1cnc3ccccc31)CO2. The van der Waals surface area contributed by atoms with Gasteiger partial charge in [0.25, 0.3) is 0 Å². The number of nitrogens with zero attached hydrogens (tertiary/aromatic N) is 3. The Balaban J connectivity index is 1.41. The average Bonchev–Trinajstić information content (AvgIpc) is 3.02. The largest absolute Gasteiger partial charge is 0.369 e. The predicted molar refractivity (Wildman–Crippen MR) is 101 cm³/mol. The number of aromatic nitrogens is 2. The van der Waals surface area contributed by atoms with Gasteiger partial charge in [0, 0.05) is 13.1 Å². The molecule has 1 aromatic carbocycles. The molecule has 2 aliphatic heterocycles. The van der Waals surface area contributed by atoms with Crippen molar-refractivity contribution < 1.29 is 17.9 Å². The predicted octanol–water partition coefficient (Wildman–Crippen LogP) is 1.02. The highest BCUT2D eigenvalue weighted by atomic mass is 32.2. The van der Waals surface area contributed by atoms with Crippen molar-refractivity contribution in [2.45, 2.75) is 30.7 Å². The fourth-order valence-corrected chi connectivity index (χ4v) is 5.66. The minimum atomic E-state index is -3.33. The van der Waals surface area contributed by atoms with Crippen LogP contribution in [0.3, 0.4) is 0 Å². The second kappa shape index (κ2) is 6.79. The van der Waals surface area contributed by atoms with Crippen molar-refractivity contribution in [1.29, 1.82) is 0 Å². The summed E-state index contributed by atoms with van der Waals surface area (Å²) in [5.74, 6) is -0.0468. The molecule has 27 heavy (non-hydrogen) atoms. The molecule has 8 nitrogen and oxygen atoms in total. The van der Waals surface area contributed by atoms with Crippen molar-refractivity contribution in [2.24, 2.45) is 0 Å². The van der Waals surface area contributed by atoms with E-state index < -0.39 is 20.7 Å². The quantitative estimate of drug-likeness (QED) is 0.839. The van der Waals surface area contributed by atoms with Crippen molar-refractivity contribution in [1.82, 2.24) is 19.8 Å². The van der Waals surface area contributed by atoms with E-state index in [4.69, 9.17) is 4.74 Å². The first-order chi connectivity index (χ1) is 12.9. The zero-order valence-electron chi connectivity index (χ0n) is 15.3. The van der Waals surface area contributed by atoms with Gasteiger partial charge in [-0.15, -0.1) is 0 Å². The number of imidazole rings is 1. The Hall–Kier alpha value is -2.13.